The van der Waals surface area contributed by atoms with Gasteiger partial charge in [-0.25, -0.2) is 8.42 Å². The van der Waals surface area contributed by atoms with Crippen LogP contribution in [0.2, 0.25) is 5.02 Å². The third-order valence-corrected chi connectivity index (χ3v) is 5.43. The molecule has 0 aliphatic carbocycles. The van der Waals surface area contributed by atoms with Crippen LogP contribution in [0.25, 0.3) is 5.70 Å². The third-order valence-electron chi connectivity index (χ3n) is 3.80. The summed E-state index contributed by atoms with van der Waals surface area (Å²) in [6.45, 7) is 3.80. The number of halogens is 1. The summed E-state index contributed by atoms with van der Waals surface area (Å²) in [5, 5.41) is 0.492. The fourth-order valence-corrected chi connectivity index (χ4v) is 3.58. The summed E-state index contributed by atoms with van der Waals surface area (Å²) >= 11 is 5.81. The molecule has 3 aromatic rings. The average molecular weight is 429 g/mol. The van der Waals surface area contributed by atoms with Crippen LogP contribution < -0.4 is 15.6 Å². The molecule has 3 N–H and O–H groups in total. The Morgan fingerprint density at radius 3 is 2.41 bits per heavy atom. The number of hydrogen-bond acceptors (Lipinski definition) is 5. The zero-order valence-corrected chi connectivity index (χ0v) is 16.7. The summed E-state index contributed by atoms with van der Waals surface area (Å²) in [6.07, 6.45) is 1.60. The van der Waals surface area contributed by atoms with Gasteiger partial charge >= 0.3 is 0 Å². The molecule has 0 saturated heterocycles. The van der Waals surface area contributed by atoms with Crippen LogP contribution in [-0.2, 0) is 10.0 Å². The molecule has 7 nitrogen and oxygen atoms in total. The molecule has 1 aromatic heterocycles. The van der Waals surface area contributed by atoms with E-state index in [1.54, 1.807) is 48.7 Å². The van der Waals surface area contributed by atoms with Crippen LogP contribution in [-0.4, -0.2) is 19.3 Å². The van der Waals surface area contributed by atoms with E-state index in [0.29, 0.717) is 22.1 Å². The van der Waals surface area contributed by atoms with Gasteiger partial charge in [-0.2, -0.15) is 0 Å². The number of aromatic nitrogens is 1. The lowest BCUT2D eigenvalue weighted by atomic mass is 10.2. The molecule has 0 spiro atoms. The number of rotatable bonds is 7. The first kappa shape index (κ1) is 20.4. The summed E-state index contributed by atoms with van der Waals surface area (Å²) in [4.78, 5) is 16.5. The lowest BCUT2D eigenvalue weighted by Crippen LogP contribution is -2.36. The monoisotopic (exact) mass is 428 g/mol. The van der Waals surface area contributed by atoms with Crippen LogP contribution in [0.4, 0.5) is 5.69 Å². The van der Waals surface area contributed by atoms with Gasteiger partial charge in [0.15, 0.2) is 0 Å². The molecule has 1 heterocycles. The van der Waals surface area contributed by atoms with Crippen molar-refractivity contribution >= 4 is 38.9 Å². The van der Waals surface area contributed by atoms with E-state index in [0.717, 1.165) is 0 Å². The second kappa shape index (κ2) is 8.76. The number of sulfonamides is 1. The number of pyridine rings is 1. The summed E-state index contributed by atoms with van der Waals surface area (Å²) in [5.74, 6) is -0.523. The third kappa shape index (κ3) is 5.34. The van der Waals surface area contributed by atoms with E-state index in [9.17, 15) is 13.2 Å². The molecule has 0 fully saturated rings. The van der Waals surface area contributed by atoms with Crippen molar-refractivity contribution in [2.45, 2.75) is 4.90 Å². The predicted molar refractivity (Wildman–Crippen MR) is 113 cm³/mol. The molecule has 3 rings (SSSR count). The number of hydrogen-bond donors (Lipinski definition) is 3. The molecule has 2 aromatic carbocycles. The highest BCUT2D eigenvalue weighted by atomic mass is 35.5. The number of carbonyl (C=O) groups is 1. The first-order chi connectivity index (χ1) is 13.8. The molecule has 0 radical (unpaired) electrons. The highest BCUT2D eigenvalue weighted by molar-refractivity contribution is 7.92. The molecule has 0 aliphatic rings. The van der Waals surface area contributed by atoms with Gasteiger partial charge in [0.05, 0.1) is 16.3 Å². The Morgan fingerprint density at radius 2 is 1.72 bits per heavy atom. The molecule has 0 bridgehead atoms. The summed E-state index contributed by atoms with van der Waals surface area (Å²) < 4.78 is 27.6. The SMILES string of the molecule is C=C(NNC(=O)c1cccc(S(=O)(=O)Nc2ccc(Cl)cc2)c1)c1ccccn1. The average Bonchev–Trinajstić information content (AvgIpc) is 2.74. The van der Waals surface area contributed by atoms with E-state index in [2.05, 4.69) is 27.1 Å². The largest absolute Gasteiger partial charge is 0.297 e. The molecular weight excluding hydrogens is 412 g/mol. The van der Waals surface area contributed by atoms with Crippen molar-refractivity contribution in [1.82, 2.24) is 15.8 Å². The van der Waals surface area contributed by atoms with Gasteiger partial charge in [0.25, 0.3) is 15.9 Å². The van der Waals surface area contributed by atoms with Crippen molar-refractivity contribution in [3.63, 3.8) is 0 Å². The minimum atomic E-state index is -3.88. The van der Waals surface area contributed by atoms with Crippen LogP contribution >= 0.6 is 11.6 Å². The van der Waals surface area contributed by atoms with E-state index in [1.165, 1.54) is 24.3 Å². The molecule has 0 aliphatic heterocycles. The summed E-state index contributed by atoms with van der Waals surface area (Å²) in [5.41, 5.74) is 6.62. The fourth-order valence-electron chi connectivity index (χ4n) is 2.35. The number of amides is 1. The second-order valence-corrected chi connectivity index (χ2v) is 8.03. The van der Waals surface area contributed by atoms with E-state index < -0.39 is 15.9 Å². The quantitative estimate of drug-likeness (QED) is 0.500. The van der Waals surface area contributed by atoms with Crippen molar-refractivity contribution in [3.8, 4) is 0 Å². The minimum Gasteiger partial charge on any atom is -0.297 e. The zero-order chi connectivity index (χ0) is 20.9. The first-order valence-electron chi connectivity index (χ1n) is 8.40. The van der Waals surface area contributed by atoms with Gasteiger partial charge < -0.3 is 0 Å². The highest BCUT2D eigenvalue weighted by Gasteiger charge is 2.16. The van der Waals surface area contributed by atoms with E-state index >= 15 is 0 Å². The number of anilines is 1. The van der Waals surface area contributed by atoms with Crippen LogP contribution in [0.15, 0.2) is 84.4 Å². The molecule has 0 atom stereocenters. The molecule has 0 unspecified atom stereocenters. The van der Waals surface area contributed by atoms with Gasteiger partial charge in [-0.3, -0.25) is 25.4 Å². The van der Waals surface area contributed by atoms with Gasteiger partial charge in [0, 0.05) is 22.5 Å². The summed E-state index contributed by atoms with van der Waals surface area (Å²) in [7, 11) is -3.88. The van der Waals surface area contributed by atoms with Gasteiger partial charge in [-0.15, -0.1) is 0 Å². The Kier molecular flexibility index (Phi) is 6.16. The number of carbonyl (C=O) groups excluding carboxylic acids is 1. The van der Waals surface area contributed by atoms with Crippen molar-refractivity contribution in [2.75, 3.05) is 4.72 Å². The Balaban J connectivity index is 1.70. The molecule has 148 valence electrons. The van der Waals surface area contributed by atoms with Gasteiger partial charge in [0.2, 0.25) is 0 Å². The minimum absolute atomic E-state index is 0.0522. The van der Waals surface area contributed by atoms with Crippen molar-refractivity contribution in [3.05, 3.63) is 95.8 Å². The molecule has 1 amide bonds. The zero-order valence-electron chi connectivity index (χ0n) is 15.1. The maximum absolute atomic E-state index is 12.6. The second-order valence-electron chi connectivity index (χ2n) is 5.91. The molecule has 9 heteroatoms. The maximum Gasteiger partial charge on any atom is 0.269 e. The van der Waals surface area contributed by atoms with Crippen molar-refractivity contribution in [2.24, 2.45) is 0 Å². The molecule has 29 heavy (non-hydrogen) atoms. The highest BCUT2D eigenvalue weighted by Crippen LogP contribution is 2.19. The summed E-state index contributed by atoms with van der Waals surface area (Å²) in [6, 6.07) is 17.2. The van der Waals surface area contributed by atoms with Gasteiger partial charge in [-0.1, -0.05) is 30.3 Å². The Morgan fingerprint density at radius 1 is 0.966 bits per heavy atom. The number of nitrogens with one attached hydrogen (secondary N) is 3. The Hall–Kier alpha value is -3.36. The van der Waals surface area contributed by atoms with Crippen LogP contribution in [0.1, 0.15) is 16.1 Å². The standard InChI is InChI=1S/C20H17ClN4O3S/c1-14(19-7-2-3-12-22-19)23-24-20(26)15-5-4-6-18(13-15)29(27,28)25-17-10-8-16(21)9-11-17/h2-13,23,25H,1H2,(H,24,26). The van der Waals surface area contributed by atoms with E-state index in [1.807, 2.05) is 0 Å². The number of nitrogens with zero attached hydrogens (tertiary/aromatic N) is 1. The smallest absolute Gasteiger partial charge is 0.269 e. The molecule has 0 saturated carbocycles. The first-order valence-corrected chi connectivity index (χ1v) is 10.3. The van der Waals surface area contributed by atoms with Crippen LogP contribution in [0.3, 0.4) is 0 Å². The van der Waals surface area contributed by atoms with Crippen molar-refractivity contribution in [1.29, 1.82) is 0 Å². The Labute approximate surface area is 173 Å². The molecular formula is C20H17ClN4O3S. The van der Waals surface area contributed by atoms with Gasteiger partial charge in [-0.05, 0) is 54.6 Å². The number of benzene rings is 2. The van der Waals surface area contributed by atoms with Gasteiger partial charge in [0.1, 0.15) is 0 Å². The normalized spacial score (nSPS) is 10.8. The van der Waals surface area contributed by atoms with E-state index in [4.69, 9.17) is 11.6 Å². The lowest BCUT2D eigenvalue weighted by molar-refractivity contribution is 0.0942. The van der Waals surface area contributed by atoms with Crippen LogP contribution in [0.5, 0.6) is 0 Å². The maximum atomic E-state index is 12.6. The lowest BCUT2D eigenvalue weighted by Gasteiger charge is -2.12. The van der Waals surface area contributed by atoms with Crippen LogP contribution in [0, 0.1) is 0 Å². The Bertz CT molecular complexity index is 1130. The number of hydrazine groups is 1. The fraction of sp³-hybridized carbons (Fsp3) is 0. The predicted octanol–water partition coefficient (Wildman–Crippen LogP) is 3.44. The topological polar surface area (TPSA) is 100 Å². The van der Waals surface area contributed by atoms with E-state index in [-0.39, 0.29) is 10.5 Å². The van der Waals surface area contributed by atoms with Crippen molar-refractivity contribution < 1.29 is 13.2 Å².